The molecule has 0 aromatic heterocycles. The van der Waals surface area contributed by atoms with Crippen LogP contribution in [0, 0.1) is 11.8 Å². The standard InChI is InChI=1S/C12H21NO/c1-8(9-2-3-9)13-7-10-6-11-4-5-12(10)14-11/h8-13H,2-7H2,1H3. The summed E-state index contributed by atoms with van der Waals surface area (Å²) in [5.74, 6) is 1.80. The highest BCUT2D eigenvalue weighted by Gasteiger charge is 2.40. The maximum atomic E-state index is 5.85. The average Bonchev–Trinajstić information content (AvgIpc) is 2.85. The summed E-state index contributed by atoms with van der Waals surface area (Å²) in [5, 5.41) is 3.69. The van der Waals surface area contributed by atoms with Gasteiger partial charge in [0.05, 0.1) is 12.2 Å². The lowest BCUT2D eigenvalue weighted by Crippen LogP contribution is -2.35. The van der Waals surface area contributed by atoms with E-state index in [1.54, 1.807) is 0 Å². The Morgan fingerprint density at radius 1 is 1.29 bits per heavy atom. The lowest BCUT2D eigenvalue weighted by molar-refractivity contribution is 0.0919. The van der Waals surface area contributed by atoms with Gasteiger partial charge in [-0.25, -0.2) is 0 Å². The van der Waals surface area contributed by atoms with Gasteiger partial charge in [-0.15, -0.1) is 0 Å². The molecule has 4 unspecified atom stereocenters. The summed E-state index contributed by atoms with van der Waals surface area (Å²) in [5.41, 5.74) is 0. The minimum absolute atomic E-state index is 0.596. The van der Waals surface area contributed by atoms with Crippen LogP contribution in [0.2, 0.25) is 0 Å². The van der Waals surface area contributed by atoms with Crippen molar-refractivity contribution in [3.63, 3.8) is 0 Å². The zero-order valence-corrected chi connectivity index (χ0v) is 9.04. The third kappa shape index (κ3) is 1.70. The first-order valence-corrected chi connectivity index (χ1v) is 6.22. The van der Waals surface area contributed by atoms with Crippen LogP contribution in [0.4, 0.5) is 0 Å². The highest BCUT2D eigenvalue weighted by molar-refractivity contribution is 4.92. The highest BCUT2D eigenvalue weighted by atomic mass is 16.5. The van der Waals surface area contributed by atoms with Gasteiger partial charge in [0, 0.05) is 18.5 Å². The molecule has 0 aromatic rings. The maximum absolute atomic E-state index is 5.85. The van der Waals surface area contributed by atoms with Crippen LogP contribution in [-0.4, -0.2) is 24.8 Å². The van der Waals surface area contributed by atoms with Crippen molar-refractivity contribution in [2.75, 3.05) is 6.54 Å². The van der Waals surface area contributed by atoms with E-state index in [0.717, 1.165) is 17.9 Å². The second kappa shape index (κ2) is 3.49. The van der Waals surface area contributed by atoms with Crippen LogP contribution in [0.1, 0.15) is 39.0 Å². The Balaban J connectivity index is 1.44. The van der Waals surface area contributed by atoms with Crippen molar-refractivity contribution < 1.29 is 4.74 Å². The third-order valence-corrected chi connectivity index (χ3v) is 4.26. The Morgan fingerprint density at radius 3 is 2.71 bits per heavy atom. The van der Waals surface area contributed by atoms with Gasteiger partial charge >= 0.3 is 0 Å². The van der Waals surface area contributed by atoms with E-state index in [1.807, 2.05) is 0 Å². The quantitative estimate of drug-likeness (QED) is 0.740. The number of nitrogens with one attached hydrogen (secondary N) is 1. The lowest BCUT2D eigenvalue weighted by atomic mass is 9.89. The molecule has 2 nitrogen and oxygen atoms in total. The monoisotopic (exact) mass is 195 g/mol. The first-order valence-electron chi connectivity index (χ1n) is 6.22. The van der Waals surface area contributed by atoms with E-state index in [4.69, 9.17) is 4.74 Å². The molecule has 1 aliphatic carbocycles. The number of hydrogen-bond acceptors (Lipinski definition) is 2. The molecule has 0 spiro atoms. The average molecular weight is 195 g/mol. The van der Waals surface area contributed by atoms with Crippen molar-refractivity contribution in [3.8, 4) is 0 Å². The second-order valence-electron chi connectivity index (χ2n) is 5.40. The fourth-order valence-corrected chi connectivity index (χ4v) is 3.06. The fraction of sp³-hybridized carbons (Fsp3) is 1.00. The summed E-state index contributed by atoms with van der Waals surface area (Å²) in [7, 11) is 0. The van der Waals surface area contributed by atoms with Crippen LogP contribution >= 0.6 is 0 Å². The van der Waals surface area contributed by atoms with Gasteiger partial charge < -0.3 is 10.1 Å². The summed E-state index contributed by atoms with van der Waals surface area (Å²) in [6, 6.07) is 0.745. The molecule has 2 aliphatic heterocycles. The van der Waals surface area contributed by atoms with Gasteiger partial charge in [0.25, 0.3) is 0 Å². The normalized spacial score (nSPS) is 43.1. The van der Waals surface area contributed by atoms with Gasteiger partial charge in [0.1, 0.15) is 0 Å². The first-order chi connectivity index (χ1) is 6.83. The molecule has 0 aromatic carbocycles. The molecule has 4 atom stereocenters. The zero-order valence-electron chi connectivity index (χ0n) is 9.04. The lowest BCUT2D eigenvalue weighted by Gasteiger charge is -2.21. The van der Waals surface area contributed by atoms with Crippen molar-refractivity contribution in [3.05, 3.63) is 0 Å². The zero-order chi connectivity index (χ0) is 9.54. The van der Waals surface area contributed by atoms with Crippen molar-refractivity contribution in [1.29, 1.82) is 0 Å². The Morgan fingerprint density at radius 2 is 2.14 bits per heavy atom. The van der Waals surface area contributed by atoms with Crippen LogP contribution in [0.15, 0.2) is 0 Å². The summed E-state index contributed by atoms with van der Waals surface area (Å²) in [6.07, 6.45) is 8.05. The van der Waals surface area contributed by atoms with Crippen molar-refractivity contribution in [2.45, 2.75) is 57.3 Å². The molecule has 1 saturated carbocycles. The van der Waals surface area contributed by atoms with Gasteiger partial charge in [-0.05, 0) is 44.9 Å². The Labute approximate surface area is 86.4 Å². The SMILES string of the molecule is CC(NCC1CC2CCC1O2)C1CC1. The number of ether oxygens (including phenoxy) is 1. The molecule has 2 heteroatoms. The first kappa shape index (κ1) is 9.17. The van der Waals surface area contributed by atoms with E-state index in [0.29, 0.717) is 12.2 Å². The number of hydrogen-bond donors (Lipinski definition) is 1. The van der Waals surface area contributed by atoms with Crippen LogP contribution in [0.5, 0.6) is 0 Å². The molecule has 2 saturated heterocycles. The van der Waals surface area contributed by atoms with Crippen LogP contribution in [0.25, 0.3) is 0 Å². The van der Waals surface area contributed by atoms with Crippen molar-refractivity contribution in [1.82, 2.24) is 5.32 Å². The van der Waals surface area contributed by atoms with Gasteiger partial charge in [-0.2, -0.15) is 0 Å². The molecule has 3 aliphatic rings. The number of rotatable bonds is 4. The number of fused-ring (bicyclic) bond motifs is 2. The molecule has 0 radical (unpaired) electrons. The minimum atomic E-state index is 0.596. The molecular formula is C12H21NO. The van der Waals surface area contributed by atoms with Gasteiger partial charge in [0.2, 0.25) is 0 Å². The van der Waals surface area contributed by atoms with Crippen molar-refractivity contribution >= 4 is 0 Å². The molecule has 2 heterocycles. The van der Waals surface area contributed by atoms with Crippen molar-refractivity contribution in [2.24, 2.45) is 11.8 Å². The van der Waals surface area contributed by atoms with Crippen LogP contribution < -0.4 is 5.32 Å². The predicted octanol–water partition coefficient (Wildman–Crippen LogP) is 1.94. The van der Waals surface area contributed by atoms with E-state index < -0.39 is 0 Å². The van der Waals surface area contributed by atoms with E-state index in [-0.39, 0.29) is 0 Å². The molecule has 0 amide bonds. The highest BCUT2D eigenvalue weighted by Crippen LogP contribution is 2.39. The molecule has 3 rings (SSSR count). The third-order valence-electron chi connectivity index (χ3n) is 4.26. The van der Waals surface area contributed by atoms with Gasteiger partial charge in [0.15, 0.2) is 0 Å². The largest absolute Gasteiger partial charge is 0.375 e. The summed E-state index contributed by atoms with van der Waals surface area (Å²) >= 11 is 0. The second-order valence-corrected chi connectivity index (χ2v) is 5.40. The molecule has 3 fully saturated rings. The molecule has 2 bridgehead atoms. The maximum Gasteiger partial charge on any atom is 0.0621 e. The van der Waals surface area contributed by atoms with Crippen LogP contribution in [-0.2, 0) is 4.74 Å². The molecule has 1 N–H and O–H groups in total. The van der Waals surface area contributed by atoms with Gasteiger partial charge in [-0.3, -0.25) is 0 Å². The Hall–Kier alpha value is -0.0800. The summed E-state index contributed by atoms with van der Waals surface area (Å²) < 4.78 is 5.85. The predicted molar refractivity (Wildman–Crippen MR) is 56.2 cm³/mol. The van der Waals surface area contributed by atoms with E-state index >= 15 is 0 Å². The molecule has 14 heavy (non-hydrogen) atoms. The van der Waals surface area contributed by atoms with Crippen LogP contribution in [0.3, 0.4) is 0 Å². The van der Waals surface area contributed by atoms with E-state index in [1.165, 1.54) is 38.6 Å². The molecular weight excluding hydrogens is 174 g/mol. The Kier molecular flexibility index (Phi) is 2.29. The molecule has 80 valence electrons. The van der Waals surface area contributed by atoms with E-state index in [2.05, 4.69) is 12.2 Å². The summed E-state index contributed by atoms with van der Waals surface area (Å²) in [6.45, 7) is 3.53. The smallest absolute Gasteiger partial charge is 0.0621 e. The fourth-order valence-electron chi connectivity index (χ4n) is 3.06. The van der Waals surface area contributed by atoms with E-state index in [9.17, 15) is 0 Å². The minimum Gasteiger partial charge on any atom is -0.375 e. The summed E-state index contributed by atoms with van der Waals surface area (Å²) in [4.78, 5) is 0. The topological polar surface area (TPSA) is 21.3 Å². The van der Waals surface area contributed by atoms with Gasteiger partial charge in [-0.1, -0.05) is 0 Å². The Bertz CT molecular complexity index is 214.